The van der Waals surface area contributed by atoms with Crippen LogP contribution >= 0.6 is 0 Å². The molecule has 2 atom stereocenters. The Balaban J connectivity index is 1.51. The molecule has 0 fully saturated rings. The molecule has 0 saturated heterocycles. The lowest BCUT2D eigenvalue weighted by atomic mass is 9.72. The Kier molecular flexibility index (Phi) is 4.80. The Bertz CT molecular complexity index is 1410. The van der Waals surface area contributed by atoms with Gasteiger partial charge in [0.15, 0.2) is 5.78 Å². The van der Waals surface area contributed by atoms with E-state index in [-0.39, 0.29) is 23.4 Å². The molecule has 3 heterocycles. The van der Waals surface area contributed by atoms with Crippen molar-refractivity contribution >= 4 is 11.6 Å². The van der Waals surface area contributed by atoms with Gasteiger partial charge in [-0.25, -0.2) is 4.68 Å². The summed E-state index contributed by atoms with van der Waals surface area (Å²) in [6, 6.07) is 21.2. The van der Waals surface area contributed by atoms with Crippen LogP contribution in [0.15, 0.2) is 90.4 Å². The van der Waals surface area contributed by atoms with Crippen molar-refractivity contribution in [3.63, 3.8) is 0 Å². The molecular weight excluding hydrogens is 424 g/mol. The summed E-state index contributed by atoms with van der Waals surface area (Å²) in [6.45, 7) is 2.00. The zero-order valence-electron chi connectivity index (χ0n) is 18.8. The Morgan fingerprint density at radius 2 is 1.76 bits per heavy atom. The summed E-state index contributed by atoms with van der Waals surface area (Å²) in [5, 5.41) is 18.2. The number of nitrogens with zero attached hydrogens (tertiary/aromatic N) is 3. The molecule has 2 aromatic carbocycles. The molecule has 1 aliphatic heterocycles. The van der Waals surface area contributed by atoms with Gasteiger partial charge in [0.25, 0.3) is 0 Å². The second-order valence-electron chi connectivity index (χ2n) is 8.95. The molecule has 2 aromatic heterocycles. The van der Waals surface area contributed by atoms with Crippen LogP contribution in [0.25, 0.3) is 5.69 Å². The Labute approximate surface area is 197 Å². The molecule has 6 nitrogen and oxygen atoms in total. The van der Waals surface area contributed by atoms with Gasteiger partial charge in [0.05, 0.1) is 11.4 Å². The van der Waals surface area contributed by atoms with Gasteiger partial charge in [-0.2, -0.15) is 5.10 Å². The van der Waals surface area contributed by atoms with Crippen LogP contribution in [0.5, 0.6) is 5.75 Å². The Hall–Kier alpha value is -4.19. The van der Waals surface area contributed by atoms with E-state index >= 15 is 0 Å². The van der Waals surface area contributed by atoms with Crippen molar-refractivity contribution in [1.29, 1.82) is 0 Å². The standard InChI is InChI=1S/C28H24N4O2/c1-17-25-26(19-6-5-13-29-16-19)27-23(30-28(25)32(31-17)21-7-3-2-4-8-21)14-20(15-24(27)34)18-9-11-22(33)12-10-18/h2-13,16,20,26,30,33H,14-15H2,1H3/t20-,26+/m1/s1. The number of phenols is 1. The zero-order chi connectivity index (χ0) is 23.2. The van der Waals surface area contributed by atoms with Crippen LogP contribution in [0.2, 0.25) is 0 Å². The van der Waals surface area contributed by atoms with Gasteiger partial charge in [0.1, 0.15) is 11.6 Å². The maximum Gasteiger partial charge on any atom is 0.162 e. The number of ketones is 1. The number of pyridine rings is 1. The molecule has 1 aliphatic carbocycles. The number of aryl methyl sites for hydroxylation is 1. The third kappa shape index (κ3) is 3.30. The van der Waals surface area contributed by atoms with Gasteiger partial charge in [-0.3, -0.25) is 9.78 Å². The van der Waals surface area contributed by atoms with E-state index in [0.29, 0.717) is 12.8 Å². The van der Waals surface area contributed by atoms with Crippen molar-refractivity contribution in [2.75, 3.05) is 5.32 Å². The van der Waals surface area contributed by atoms with Crippen molar-refractivity contribution in [2.24, 2.45) is 0 Å². The summed E-state index contributed by atoms with van der Waals surface area (Å²) in [7, 11) is 0. The SMILES string of the molecule is Cc1nn(-c2ccccc2)c2c1[C@H](c1cccnc1)C1=C(C[C@@H](c3ccc(O)cc3)CC1=O)N2. The van der Waals surface area contributed by atoms with Gasteiger partial charge >= 0.3 is 0 Å². The van der Waals surface area contributed by atoms with Gasteiger partial charge in [-0.15, -0.1) is 0 Å². The summed E-state index contributed by atoms with van der Waals surface area (Å²) in [4.78, 5) is 18.0. The highest BCUT2D eigenvalue weighted by molar-refractivity contribution is 6.01. The quantitative estimate of drug-likeness (QED) is 0.448. The molecule has 2 aliphatic rings. The average molecular weight is 449 g/mol. The number of anilines is 1. The summed E-state index contributed by atoms with van der Waals surface area (Å²) < 4.78 is 1.94. The fourth-order valence-electron chi connectivity index (χ4n) is 5.29. The largest absolute Gasteiger partial charge is 0.508 e. The number of fused-ring (bicyclic) bond motifs is 1. The van der Waals surface area contributed by atoms with Gasteiger partial charge < -0.3 is 10.4 Å². The summed E-state index contributed by atoms with van der Waals surface area (Å²) in [6.07, 6.45) is 4.75. The Morgan fingerprint density at radius 3 is 2.50 bits per heavy atom. The van der Waals surface area contributed by atoms with Crippen molar-refractivity contribution in [3.8, 4) is 11.4 Å². The monoisotopic (exact) mass is 448 g/mol. The average Bonchev–Trinajstić information content (AvgIpc) is 3.20. The fraction of sp³-hybridized carbons (Fsp3) is 0.179. The third-order valence-corrected chi connectivity index (χ3v) is 6.84. The lowest BCUT2D eigenvalue weighted by molar-refractivity contribution is -0.116. The lowest BCUT2D eigenvalue weighted by Crippen LogP contribution is -2.30. The van der Waals surface area contributed by atoms with Crippen LogP contribution in [-0.2, 0) is 4.79 Å². The van der Waals surface area contributed by atoms with Crippen molar-refractivity contribution in [1.82, 2.24) is 14.8 Å². The first-order valence-electron chi connectivity index (χ1n) is 11.5. The van der Waals surface area contributed by atoms with Crippen LogP contribution in [0.3, 0.4) is 0 Å². The van der Waals surface area contributed by atoms with Crippen molar-refractivity contribution in [2.45, 2.75) is 31.6 Å². The number of phenolic OH excluding ortho intramolecular Hbond substituents is 1. The number of para-hydroxylation sites is 1. The van der Waals surface area contributed by atoms with Crippen molar-refractivity contribution in [3.05, 3.63) is 113 Å². The molecule has 0 bridgehead atoms. The predicted octanol–water partition coefficient (Wildman–Crippen LogP) is 5.24. The van der Waals surface area contributed by atoms with E-state index in [1.807, 2.05) is 72.4 Å². The number of carbonyl (C=O) groups is 1. The molecule has 6 rings (SSSR count). The number of hydrogen-bond acceptors (Lipinski definition) is 5. The molecule has 0 spiro atoms. The molecule has 0 saturated carbocycles. The summed E-state index contributed by atoms with van der Waals surface area (Å²) >= 11 is 0. The topological polar surface area (TPSA) is 80.0 Å². The second kappa shape index (κ2) is 7.99. The van der Waals surface area contributed by atoms with E-state index in [2.05, 4.69) is 10.3 Å². The maximum absolute atomic E-state index is 13.7. The number of benzene rings is 2. The first kappa shape index (κ1) is 20.4. The van der Waals surface area contributed by atoms with Crippen molar-refractivity contribution < 1.29 is 9.90 Å². The predicted molar refractivity (Wildman–Crippen MR) is 130 cm³/mol. The number of aromatic hydroxyl groups is 1. The van der Waals surface area contributed by atoms with E-state index < -0.39 is 0 Å². The minimum absolute atomic E-state index is 0.0460. The number of rotatable bonds is 3. The highest BCUT2D eigenvalue weighted by Gasteiger charge is 2.41. The van der Waals surface area contributed by atoms with Crippen LogP contribution in [0.4, 0.5) is 5.82 Å². The highest BCUT2D eigenvalue weighted by Crippen LogP contribution is 2.49. The van der Waals surface area contributed by atoms with Gasteiger partial charge in [0, 0.05) is 41.6 Å². The summed E-state index contributed by atoms with van der Waals surface area (Å²) in [5.74, 6) is 1.09. The maximum atomic E-state index is 13.7. The van der Waals surface area contributed by atoms with E-state index in [9.17, 15) is 9.90 Å². The molecular formula is C28H24N4O2. The van der Waals surface area contributed by atoms with Crippen LogP contribution in [0.1, 0.15) is 47.1 Å². The zero-order valence-corrected chi connectivity index (χ0v) is 18.8. The fourth-order valence-corrected chi connectivity index (χ4v) is 5.29. The smallest absolute Gasteiger partial charge is 0.162 e. The number of nitrogens with one attached hydrogen (secondary N) is 1. The lowest BCUT2D eigenvalue weighted by Gasteiger charge is -2.35. The number of aromatic nitrogens is 3. The van der Waals surface area contributed by atoms with E-state index in [0.717, 1.165) is 45.2 Å². The molecule has 2 N–H and O–H groups in total. The first-order chi connectivity index (χ1) is 16.6. The van der Waals surface area contributed by atoms with E-state index in [4.69, 9.17) is 5.10 Å². The third-order valence-electron chi connectivity index (χ3n) is 6.84. The molecule has 4 aromatic rings. The van der Waals surface area contributed by atoms with E-state index in [1.54, 1.807) is 18.3 Å². The first-order valence-corrected chi connectivity index (χ1v) is 11.5. The molecule has 6 heteroatoms. The molecule has 168 valence electrons. The highest BCUT2D eigenvalue weighted by atomic mass is 16.3. The van der Waals surface area contributed by atoms with Gasteiger partial charge in [-0.05, 0) is 60.7 Å². The van der Waals surface area contributed by atoms with E-state index in [1.165, 1.54) is 0 Å². The number of allylic oxidation sites excluding steroid dienone is 2. The Morgan fingerprint density at radius 1 is 0.971 bits per heavy atom. The van der Waals surface area contributed by atoms with Gasteiger partial charge in [0.2, 0.25) is 0 Å². The number of Topliss-reactive ketones (excluding diaryl/α,β-unsaturated/α-hetero) is 1. The minimum Gasteiger partial charge on any atom is -0.508 e. The van der Waals surface area contributed by atoms with Crippen LogP contribution < -0.4 is 5.32 Å². The minimum atomic E-state index is -0.217. The normalized spacial score (nSPS) is 19.4. The van der Waals surface area contributed by atoms with Crippen LogP contribution in [0, 0.1) is 6.92 Å². The van der Waals surface area contributed by atoms with Crippen LogP contribution in [-0.4, -0.2) is 25.7 Å². The molecule has 0 amide bonds. The van der Waals surface area contributed by atoms with Gasteiger partial charge in [-0.1, -0.05) is 36.4 Å². The molecule has 0 unspecified atom stereocenters. The molecule has 0 radical (unpaired) electrons. The number of hydrogen-bond donors (Lipinski definition) is 2. The second-order valence-corrected chi connectivity index (χ2v) is 8.95. The summed E-state index contributed by atoms with van der Waals surface area (Å²) in [5.41, 5.74) is 6.66. The molecule has 34 heavy (non-hydrogen) atoms. The number of carbonyl (C=O) groups excluding carboxylic acids is 1.